The van der Waals surface area contributed by atoms with Gasteiger partial charge in [-0.2, -0.15) is 0 Å². The zero-order valence-corrected chi connectivity index (χ0v) is 16.2. The second-order valence-electron chi connectivity index (χ2n) is 7.55. The number of hydrogen-bond acceptors (Lipinski definition) is 3. The Bertz CT molecular complexity index is 776. The lowest BCUT2D eigenvalue weighted by Crippen LogP contribution is -2.44. The van der Waals surface area contributed by atoms with E-state index in [9.17, 15) is 9.18 Å². The summed E-state index contributed by atoms with van der Waals surface area (Å²) >= 11 is 0. The van der Waals surface area contributed by atoms with E-state index in [0.717, 1.165) is 44.8 Å². The monoisotopic (exact) mass is 392 g/mol. The molecule has 2 saturated heterocycles. The fourth-order valence-electron chi connectivity index (χ4n) is 4.16. The number of hydrogen-bond donors (Lipinski definition) is 1. The maximum atomic E-state index is 13.8. The Labute approximate surface area is 165 Å². The van der Waals surface area contributed by atoms with Crippen molar-refractivity contribution >= 4 is 18.3 Å². The molecule has 0 bridgehead atoms. The van der Waals surface area contributed by atoms with Crippen molar-refractivity contribution in [3.8, 4) is 11.3 Å². The molecule has 1 N–H and O–H groups in total. The van der Waals surface area contributed by atoms with Crippen LogP contribution in [-0.2, 0) is 11.2 Å². The zero-order valence-electron chi connectivity index (χ0n) is 15.4. The lowest BCUT2D eigenvalue weighted by molar-refractivity contribution is -0.133. The van der Waals surface area contributed by atoms with Crippen molar-refractivity contribution in [2.75, 3.05) is 26.2 Å². The summed E-state index contributed by atoms with van der Waals surface area (Å²) in [6.07, 6.45) is 4.43. The molecule has 1 amide bonds. The molecule has 2 aliphatic heterocycles. The minimum atomic E-state index is -0.298. The van der Waals surface area contributed by atoms with Gasteiger partial charge in [-0.3, -0.25) is 4.79 Å². The van der Waals surface area contributed by atoms with Crippen LogP contribution in [0.4, 0.5) is 4.39 Å². The van der Waals surface area contributed by atoms with Crippen molar-refractivity contribution in [3.63, 3.8) is 0 Å². The number of halogens is 2. The molecule has 0 unspecified atom stereocenters. The van der Waals surface area contributed by atoms with E-state index >= 15 is 0 Å². The summed E-state index contributed by atoms with van der Waals surface area (Å²) < 4.78 is 19.6. The molecule has 1 aromatic carbocycles. The molecule has 4 rings (SSSR count). The highest BCUT2D eigenvalue weighted by Gasteiger charge is 2.37. The summed E-state index contributed by atoms with van der Waals surface area (Å²) in [6, 6.07) is 10.2. The smallest absolute Gasteiger partial charge is 0.223 e. The van der Waals surface area contributed by atoms with E-state index < -0.39 is 0 Å². The third-order valence-corrected chi connectivity index (χ3v) is 5.90. The first-order valence-electron chi connectivity index (χ1n) is 9.47. The Balaban J connectivity index is 0.00000210. The Morgan fingerprint density at radius 1 is 1.15 bits per heavy atom. The van der Waals surface area contributed by atoms with Crippen LogP contribution in [0.25, 0.3) is 11.3 Å². The van der Waals surface area contributed by atoms with Crippen LogP contribution >= 0.6 is 12.4 Å². The number of furan rings is 1. The van der Waals surface area contributed by atoms with Crippen LogP contribution in [0, 0.1) is 11.2 Å². The van der Waals surface area contributed by atoms with Gasteiger partial charge in [0, 0.05) is 32.5 Å². The number of amides is 1. The maximum absolute atomic E-state index is 13.8. The molecule has 3 heterocycles. The summed E-state index contributed by atoms with van der Waals surface area (Å²) in [5.74, 6) is 1.13. The number of piperidine rings is 1. The Kier molecular flexibility index (Phi) is 6.22. The number of nitrogens with one attached hydrogen (secondary N) is 1. The minimum Gasteiger partial charge on any atom is -0.461 e. The molecule has 0 atom stereocenters. The Morgan fingerprint density at radius 2 is 1.93 bits per heavy atom. The van der Waals surface area contributed by atoms with Crippen LogP contribution in [0.5, 0.6) is 0 Å². The fraction of sp³-hybridized carbons (Fsp3) is 0.476. The molecule has 4 nitrogen and oxygen atoms in total. The molecule has 1 aromatic heterocycles. The van der Waals surface area contributed by atoms with E-state index in [1.165, 1.54) is 12.5 Å². The highest BCUT2D eigenvalue weighted by atomic mass is 35.5. The Hall–Kier alpha value is -1.85. The molecule has 6 heteroatoms. The molecular weight excluding hydrogens is 367 g/mol. The molecule has 0 aliphatic carbocycles. The van der Waals surface area contributed by atoms with Crippen LogP contribution in [0.2, 0.25) is 0 Å². The maximum Gasteiger partial charge on any atom is 0.223 e. The first kappa shape index (κ1) is 19.9. The highest BCUT2D eigenvalue weighted by Crippen LogP contribution is 2.37. The average molecular weight is 393 g/mol. The van der Waals surface area contributed by atoms with Gasteiger partial charge in [-0.15, -0.1) is 12.4 Å². The lowest BCUT2D eigenvalue weighted by atomic mass is 9.78. The van der Waals surface area contributed by atoms with E-state index in [0.29, 0.717) is 29.6 Å². The number of likely N-dealkylation sites (tertiary alicyclic amines) is 1. The fourth-order valence-corrected chi connectivity index (χ4v) is 4.16. The normalized spacial score (nSPS) is 18.5. The predicted octanol–water partition coefficient (Wildman–Crippen LogP) is 4.04. The third kappa shape index (κ3) is 4.36. The van der Waals surface area contributed by atoms with Crippen molar-refractivity contribution in [1.29, 1.82) is 0 Å². The summed E-state index contributed by atoms with van der Waals surface area (Å²) in [7, 11) is 0. The van der Waals surface area contributed by atoms with Crippen LogP contribution < -0.4 is 5.32 Å². The SMILES string of the molecule is Cl.O=C(CCc1ccc(-c2ccccc2F)o1)N1CCC2(CCNC2)CC1. The number of rotatable bonds is 4. The van der Waals surface area contributed by atoms with Gasteiger partial charge in [0.2, 0.25) is 5.91 Å². The van der Waals surface area contributed by atoms with Crippen LogP contribution in [0.3, 0.4) is 0 Å². The van der Waals surface area contributed by atoms with Gasteiger partial charge in [-0.25, -0.2) is 4.39 Å². The van der Waals surface area contributed by atoms with Gasteiger partial charge in [0.1, 0.15) is 17.3 Å². The molecule has 146 valence electrons. The number of aryl methyl sites for hydroxylation is 1. The number of carbonyl (C=O) groups is 1. The molecule has 2 fully saturated rings. The van der Waals surface area contributed by atoms with E-state index in [4.69, 9.17) is 4.42 Å². The van der Waals surface area contributed by atoms with Gasteiger partial charge in [0.25, 0.3) is 0 Å². The second kappa shape index (κ2) is 8.44. The minimum absolute atomic E-state index is 0. The molecular formula is C21H26ClFN2O2. The highest BCUT2D eigenvalue weighted by molar-refractivity contribution is 5.85. The first-order valence-corrected chi connectivity index (χ1v) is 9.47. The number of carbonyl (C=O) groups excluding carboxylic acids is 1. The van der Waals surface area contributed by atoms with Crippen molar-refractivity contribution < 1.29 is 13.6 Å². The Morgan fingerprint density at radius 3 is 2.63 bits per heavy atom. The van der Waals surface area contributed by atoms with E-state index in [2.05, 4.69) is 5.32 Å². The molecule has 2 aliphatic rings. The molecule has 1 spiro atoms. The molecule has 0 saturated carbocycles. The molecule has 0 radical (unpaired) electrons. The predicted molar refractivity (Wildman–Crippen MR) is 105 cm³/mol. The first-order chi connectivity index (χ1) is 12.7. The third-order valence-electron chi connectivity index (χ3n) is 5.90. The van der Waals surface area contributed by atoms with Gasteiger partial charge in [0.05, 0.1) is 5.56 Å². The van der Waals surface area contributed by atoms with Gasteiger partial charge < -0.3 is 14.6 Å². The van der Waals surface area contributed by atoms with Crippen molar-refractivity contribution in [1.82, 2.24) is 10.2 Å². The van der Waals surface area contributed by atoms with Crippen LogP contribution in [-0.4, -0.2) is 37.0 Å². The summed E-state index contributed by atoms with van der Waals surface area (Å²) in [4.78, 5) is 14.5. The second-order valence-corrected chi connectivity index (χ2v) is 7.55. The summed E-state index contributed by atoms with van der Waals surface area (Å²) in [5, 5.41) is 3.45. The standard InChI is InChI=1S/C21H25FN2O2.ClH/c22-18-4-2-1-3-17(18)19-7-5-16(26-19)6-8-20(25)24-13-10-21(11-14-24)9-12-23-15-21;/h1-5,7,23H,6,8-15H2;1H. The quantitative estimate of drug-likeness (QED) is 0.854. The topological polar surface area (TPSA) is 45.5 Å². The van der Waals surface area contributed by atoms with Gasteiger partial charge in [-0.1, -0.05) is 12.1 Å². The van der Waals surface area contributed by atoms with Crippen LogP contribution in [0.1, 0.15) is 31.4 Å². The zero-order chi connectivity index (χ0) is 18.0. The van der Waals surface area contributed by atoms with Crippen molar-refractivity contribution in [3.05, 3.63) is 48.0 Å². The largest absolute Gasteiger partial charge is 0.461 e. The molecule has 2 aromatic rings. The van der Waals surface area contributed by atoms with E-state index in [1.54, 1.807) is 24.3 Å². The van der Waals surface area contributed by atoms with Crippen molar-refractivity contribution in [2.45, 2.75) is 32.1 Å². The van der Waals surface area contributed by atoms with Crippen LogP contribution in [0.15, 0.2) is 40.8 Å². The summed E-state index contributed by atoms with van der Waals surface area (Å²) in [6.45, 7) is 3.93. The average Bonchev–Trinajstić information content (AvgIpc) is 3.31. The lowest BCUT2D eigenvalue weighted by Gasteiger charge is -2.38. The van der Waals surface area contributed by atoms with E-state index in [1.807, 2.05) is 11.0 Å². The summed E-state index contributed by atoms with van der Waals surface area (Å²) in [5.41, 5.74) is 0.878. The van der Waals surface area contributed by atoms with Gasteiger partial charge in [-0.05, 0) is 55.5 Å². The van der Waals surface area contributed by atoms with Gasteiger partial charge >= 0.3 is 0 Å². The molecule has 27 heavy (non-hydrogen) atoms. The number of benzene rings is 1. The van der Waals surface area contributed by atoms with E-state index in [-0.39, 0.29) is 24.1 Å². The number of nitrogens with zero attached hydrogens (tertiary/aromatic N) is 1. The van der Waals surface area contributed by atoms with Crippen molar-refractivity contribution in [2.24, 2.45) is 5.41 Å². The van der Waals surface area contributed by atoms with Gasteiger partial charge in [0.15, 0.2) is 0 Å².